The second-order valence-corrected chi connectivity index (χ2v) is 1.91. The second kappa shape index (κ2) is 9.72. The molecule has 0 N–H and O–H groups in total. The van der Waals surface area contributed by atoms with Crippen molar-refractivity contribution in [2.45, 2.75) is 0 Å². The van der Waals surface area contributed by atoms with E-state index in [-0.39, 0.29) is 62.0 Å². The van der Waals surface area contributed by atoms with Crippen molar-refractivity contribution < 1.29 is 66.8 Å². The average Bonchev–Trinajstić information content (AvgIpc) is 2.03. The molecule has 1 nitrogen and oxygen atoms in total. The first-order chi connectivity index (χ1) is 4.93. The van der Waals surface area contributed by atoms with Crippen LogP contribution in [0.4, 0.5) is 0 Å². The van der Waals surface area contributed by atoms with Gasteiger partial charge in [-0.2, -0.15) is 0 Å². The van der Waals surface area contributed by atoms with E-state index in [1.165, 1.54) is 6.08 Å². The van der Waals surface area contributed by atoms with Crippen molar-refractivity contribution in [1.29, 1.82) is 0 Å². The quantitative estimate of drug-likeness (QED) is 0.258. The van der Waals surface area contributed by atoms with Crippen molar-refractivity contribution >= 4 is 12.4 Å². The van der Waals surface area contributed by atoms with Crippen LogP contribution in [0.2, 0.25) is 0 Å². The fraction of sp³-hybridized carbons (Fsp3) is 0. The Labute approximate surface area is 120 Å². The van der Waals surface area contributed by atoms with E-state index in [0.717, 1.165) is 11.8 Å². The molecule has 0 radical (unpaired) electrons. The third-order valence-electron chi connectivity index (χ3n) is 1.17. The fourth-order valence-corrected chi connectivity index (χ4v) is 0.715. The maximum Gasteiger partial charge on any atom is 1.00 e. The Morgan fingerprint density at radius 1 is 1.08 bits per heavy atom. The first kappa shape index (κ1) is 15.1. The van der Waals surface area contributed by atoms with E-state index in [4.69, 9.17) is 0 Å². The Balaban J connectivity index is -0.000000125. The summed E-state index contributed by atoms with van der Waals surface area (Å²) in [6.45, 7) is 0. The molecule has 1 aromatic carbocycles. The van der Waals surface area contributed by atoms with Gasteiger partial charge in [-0.1, -0.05) is 36.4 Å². The molecule has 0 aliphatic carbocycles. The minimum absolute atomic E-state index is 0. The maximum atomic E-state index is 9.89. The topological polar surface area (TPSA) is 17.1 Å². The monoisotopic (exact) mass is 180 g/mol. The van der Waals surface area contributed by atoms with Crippen LogP contribution in [-0.4, -0.2) is 6.29 Å². The van der Waals surface area contributed by atoms with Gasteiger partial charge in [0.2, 0.25) is 0 Å². The summed E-state index contributed by atoms with van der Waals surface area (Å²) in [4.78, 5) is 9.89. The summed E-state index contributed by atoms with van der Waals surface area (Å²) in [5, 5.41) is 0. The number of carbonyl (C=O) groups is 1. The summed E-state index contributed by atoms with van der Waals surface area (Å²) < 4.78 is 0. The molecule has 0 aliphatic heterocycles. The first-order valence-electron chi connectivity index (χ1n) is 3.10. The Kier molecular flexibility index (Phi) is 12.2. The minimum atomic E-state index is 0. The predicted molar refractivity (Wildman–Crippen MR) is 43.8 cm³/mol. The minimum Gasteiger partial charge on any atom is -1.00 e. The van der Waals surface area contributed by atoms with Crippen LogP contribution < -0.4 is 59.1 Å². The fourth-order valence-electron chi connectivity index (χ4n) is 0.715. The molecule has 1 aromatic rings. The molecule has 0 unspecified atom stereocenters. The van der Waals surface area contributed by atoms with Crippen LogP contribution in [0.15, 0.2) is 36.4 Å². The Hall–Kier alpha value is 0.630. The molecular weight excluding hydrogens is 170 g/mol. The van der Waals surface area contributed by atoms with Gasteiger partial charge < -0.3 is 2.85 Å². The number of carbonyl (C=O) groups excluding carboxylic acids is 1. The SMILES string of the molecule is O=C/C=C/c1ccccc1.[H-].[H-].[Na+].[Na+]. The van der Waals surface area contributed by atoms with Gasteiger partial charge in [0.1, 0.15) is 6.29 Å². The zero-order valence-electron chi connectivity index (χ0n) is 9.53. The summed E-state index contributed by atoms with van der Waals surface area (Å²) in [6.07, 6.45) is 4.02. The molecule has 0 aromatic heterocycles. The van der Waals surface area contributed by atoms with Crippen LogP contribution in [0.5, 0.6) is 0 Å². The standard InChI is InChI=1S/C9H8O.2Na.2H/c10-8-4-7-9-5-2-1-3-6-9;;;;/h1-8H;;;;/q;2*+1;2*-1/b7-4+;;;;. The molecule has 0 atom stereocenters. The molecule has 0 fully saturated rings. The Bertz CT molecular complexity index is 240. The second-order valence-electron chi connectivity index (χ2n) is 1.91. The number of benzene rings is 1. The molecule has 0 amide bonds. The van der Waals surface area contributed by atoms with Crippen LogP contribution in [0.3, 0.4) is 0 Å². The Morgan fingerprint density at radius 2 is 1.67 bits per heavy atom. The smallest absolute Gasteiger partial charge is 1.00 e. The van der Waals surface area contributed by atoms with Crippen molar-refractivity contribution in [2.24, 2.45) is 0 Å². The van der Waals surface area contributed by atoms with E-state index in [0.29, 0.717) is 0 Å². The van der Waals surface area contributed by atoms with Gasteiger partial charge in [-0.15, -0.1) is 0 Å². The van der Waals surface area contributed by atoms with Crippen molar-refractivity contribution in [3.8, 4) is 0 Å². The molecule has 0 saturated heterocycles. The molecule has 3 heteroatoms. The van der Waals surface area contributed by atoms with Crippen LogP contribution in [-0.2, 0) is 4.79 Å². The van der Waals surface area contributed by atoms with Gasteiger partial charge in [0.15, 0.2) is 0 Å². The normalized spacial score (nSPS) is 8.33. The summed E-state index contributed by atoms with van der Waals surface area (Å²) in [7, 11) is 0. The van der Waals surface area contributed by atoms with Gasteiger partial charge in [-0.05, 0) is 11.6 Å². The number of hydrogen-bond acceptors (Lipinski definition) is 1. The van der Waals surface area contributed by atoms with E-state index in [1.54, 1.807) is 6.08 Å². The van der Waals surface area contributed by atoms with Gasteiger partial charge in [-0.3, -0.25) is 4.79 Å². The van der Waals surface area contributed by atoms with Crippen LogP contribution >= 0.6 is 0 Å². The zero-order valence-corrected chi connectivity index (χ0v) is 11.5. The number of rotatable bonds is 2. The van der Waals surface area contributed by atoms with Crippen molar-refractivity contribution in [1.82, 2.24) is 0 Å². The van der Waals surface area contributed by atoms with Gasteiger partial charge in [0, 0.05) is 0 Å². The van der Waals surface area contributed by atoms with Gasteiger partial charge >= 0.3 is 59.1 Å². The Morgan fingerprint density at radius 3 is 2.17 bits per heavy atom. The first-order valence-corrected chi connectivity index (χ1v) is 3.10. The van der Waals surface area contributed by atoms with Crippen molar-refractivity contribution in [3.63, 3.8) is 0 Å². The molecule has 0 aliphatic rings. The van der Waals surface area contributed by atoms with E-state index in [2.05, 4.69) is 0 Å². The third-order valence-corrected chi connectivity index (χ3v) is 1.17. The molecule has 12 heavy (non-hydrogen) atoms. The average molecular weight is 180 g/mol. The van der Waals surface area contributed by atoms with E-state index < -0.39 is 0 Å². The van der Waals surface area contributed by atoms with Gasteiger partial charge in [0.25, 0.3) is 0 Å². The molecule has 1 rings (SSSR count). The molecule has 0 spiro atoms. The van der Waals surface area contributed by atoms with Crippen LogP contribution in [0, 0.1) is 0 Å². The van der Waals surface area contributed by atoms with E-state index >= 15 is 0 Å². The van der Waals surface area contributed by atoms with Gasteiger partial charge in [0.05, 0.1) is 0 Å². The third kappa shape index (κ3) is 6.18. The van der Waals surface area contributed by atoms with E-state index in [1.807, 2.05) is 30.3 Å². The van der Waals surface area contributed by atoms with E-state index in [9.17, 15) is 4.79 Å². The zero-order chi connectivity index (χ0) is 7.23. The summed E-state index contributed by atoms with van der Waals surface area (Å²) in [6, 6.07) is 9.70. The van der Waals surface area contributed by atoms with Crippen molar-refractivity contribution in [3.05, 3.63) is 42.0 Å². The maximum absolute atomic E-state index is 9.89. The molecule has 0 bridgehead atoms. The largest absolute Gasteiger partial charge is 1.00 e. The number of allylic oxidation sites excluding steroid dienone is 1. The molecule has 0 saturated carbocycles. The predicted octanol–water partition coefficient (Wildman–Crippen LogP) is -3.87. The number of hydrogen-bond donors (Lipinski definition) is 0. The summed E-state index contributed by atoms with van der Waals surface area (Å²) in [5.74, 6) is 0. The number of aldehydes is 1. The molecular formula is C9H10Na2O. The van der Waals surface area contributed by atoms with Gasteiger partial charge in [-0.25, -0.2) is 0 Å². The van der Waals surface area contributed by atoms with Crippen LogP contribution in [0.1, 0.15) is 8.42 Å². The van der Waals surface area contributed by atoms with Crippen molar-refractivity contribution in [2.75, 3.05) is 0 Å². The summed E-state index contributed by atoms with van der Waals surface area (Å²) in [5.41, 5.74) is 1.05. The molecule has 0 heterocycles. The summed E-state index contributed by atoms with van der Waals surface area (Å²) >= 11 is 0. The van der Waals surface area contributed by atoms with Crippen LogP contribution in [0.25, 0.3) is 6.08 Å². The molecule has 54 valence electrons.